The van der Waals surface area contributed by atoms with Crippen molar-refractivity contribution in [2.75, 3.05) is 11.1 Å². The predicted octanol–water partition coefficient (Wildman–Crippen LogP) is 5.89. The van der Waals surface area contributed by atoms with Gasteiger partial charge in [0, 0.05) is 29.3 Å². The second-order valence-electron chi connectivity index (χ2n) is 7.05. The largest absolute Gasteiger partial charge is 0.399 e. The number of nitrogens with zero attached hydrogens (tertiary/aromatic N) is 1. The summed E-state index contributed by atoms with van der Waals surface area (Å²) in [4.78, 5) is 16.0. The van der Waals surface area contributed by atoms with Gasteiger partial charge < -0.3 is 11.1 Å². The third-order valence-electron chi connectivity index (χ3n) is 4.44. The highest BCUT2D eigenvalue weighted by Crippen LogP contribution is 2.17. The minimum absolute atomic E-state index is 0.125. The Morgan fingerprint density at radius 2 is 1.33 bits per heavy atom. The molecule has 4 aromatic rings. The molecule has 0 spiro atoms. The first-order valence-corrected chi connectivity index (χ1v) is 9.72. The highest BCUT2D eigenvalue weighted by molar-refractivity contribution is 6.04. The highest BCUT2D eigenvalue weighted by atomic mass is 16.1. The number of pyridine rings is 1. The van der Waals surface area contributed by atoms with Crippen LogP contribution < -0.4 is 11.1 Å². The molecule has 0 aliphatic rings. The van der Waals surface area contributed by atoms with Crippen molar-refractivity contribution in [3.8, 4) is 11.1 Å². The SMILES string of the molecule is Cc1cc(C)cc(NC(=O)c2ccc(N)cc2)c1.c1ccc(-c2ccncc2)cc1. The van der Waals surface area contributed by atoms with Crippen molar-refractivity contribution < 1.29 is 4.79 Å². The molecule has 0 atom stereocenters. The number of anilines is 2. The second-order valence-corrected chi connectivity index (χ2v) is 7.05. The molecule has 3 aromatic carbocycles. The minimum Gasteiger partial charge on any atom is -0.399 e. The van der Waals surface area contributed by atoms with E-state index in [9.17, 15) is 4.79 Å². The zero-order valence-corrected chi connectivity index (χ0v) is 17.2. The fourth-order valence-electron chi connectivity index (χ4n) is 3.06. The molecule has 1 aromatic heterocycles. The van der Waals surface area contributed by atoms with Gasteiger partial charge in [0.05, 0.1) is 0 Å². The molecule has 0 saturated carbocycles. The average Bonchev–Trinajstić information content (AvgIpc) is 2.75. The zero-order valence-electron chi connectivity index (χ0n) is 17.2. The Morgan fingerprint density at radius 1 is 0.767 bits per heavy atom. The van der Waals surface area contributed by atoms with E-state index in [1.165, 1.54) is 11.1 Å². The van der Waals surface area contributed by atoms with E-state index in [1.807, 2.05) is 68.7 Å². The van der Waals surface area contributed by atoms with Crippen LogP contribution in [0.15, 0.2) is 97.3 Å². The molecule has 4 nitrogen and oxygen atoms in total. The first kappa shape index (κ1) is 20.8. The molecule has 0 aliphatic carbocycles. The van der Waals surface area contributed by atoms with Crippen LogP contribution in [-0.2, 0) is 0 Å². The van der Waals surface area contributed by atoms with E-state index in [0.29, 0.717) is 11.3 Å². The lowest BCUT2D eigenvalue weighted by Gasteiger charge is -2.07. The van der Waals surface area contributed by atoms with E-state index < -0.39 is 0 Å². The van der Waals surface area contributed by atoms with Crippen LogP contribution in [0.4, 0.5) is 11.4 Å². The summed E-state index contributed by atoms with van der Waals surface area (Å²) in [5.74, 6) is -0.125. The molecule has 30 heavy (non-hydrogen) atoms. The Morgan fingerprint density at radius 3 is 1.93 bits per heavy atom. The number of rotatable bonds is 3. The number of amides is 1. The molecule has 0 fully saturated rings. The molecule has 4 rings (SSSR count). The Bertz CT molecular complexity index is 1030. The van der Waals surface area contributed by atoms with Crippen molar-refractivity contribution >= 4 is 17.3 Å². The number of carbonyl (C=O) groups is 1. The van der Waals surface area contributed by atoms with Crippen LogP contribution in [0.25, 0.3) is 11.1 Å². The Kier molecular flexibility index (Phi) is 6.95. The molecule has 3 N–H and O–H groups in total. The molecular formula is C26H25N3O. The van der Waals surface area contributed by atoms with E-state index in [2.05, 4.69) is 28.5 Å². The molecule has 0 aliphatic heterocycles. The van der Waals surface area contributed by atoms with Gasteiger partial charge in [-0.3, -0.25) is 9.78 Å². The lowest BCUT2D eigenvalue weighted by Crippen LogP contribution is -2.12. The van der Waals surface area contributed by atoms with Crippen molar-refractivity contribution in [3.05, 3.63) is 114 Å². The van der Waals surface area contributed by atoms with Crippen molar-refractivity contribution in [3.63, 3.8) is 0 Å². The van der Waals surface area contributed by atoms with Crippen LogP contribution >= 0.6 is 0 Å². The van der Waals surface area contributed by atoms with Gasteiger partial charge in [0.1, 0.15) is 0 Å². The van der Waals surface area contributed by atoms with Gasteiger partial charge in [-0.15, -0.1) is 0 Å². The summed E-state index contributed by atoms with van der Waals surface area (Å²) in [6, 6.07) is 27.1. The summed E-state index contributed by atoms with van der Waals surface area (Å²) >= 11 is 0. The summed E-state index contributed by atoms with van der Waals surface area (Å²) in [5.41, 5.74) is 12.4. The van der Waals surface area contributed by atoms with Crippen LogP contribution in [0, 0.1) is 13.8 Å². The fraction of sp³-hybridized carbons (Fsp3) is 0.0769. The lowest BCUT2D eigenvalue weighted by molar-refractivity contribution is 0.102. The van der Waals surface area contributed by atoms with Crippen molar-refractivity contribution in [1.82, 2.24) is 4.98 Å². The molecule has 0 bridgehead atoms. The summed E-state index contributed by atoms with van der Waals surface area (Å²) in [5, 5.41) is 2.88. The third-order valence-corrected chi connectivity index (χ3v) is 4.44. The van der Waals surface area contributed by atoms with Crippen LogP contribution in [0.3, 0.4) is 0 Å². The number of hydrogen-bond acceptors (Lipinski definition) is 3. The summed E-state index contributed by atoms with van der Waals surface area (Å²) in [7, 11) is 0. The smallest absolute Gasteiger partial charge is 0.255 e. The van der Waals surface area contributed by atoms with Crippen LogP contribution in [0.1, 0.15) is 21.5 Å². The van der Waals surface area contributed by atoms with Gasteiger partial charge >= 0.3 is 0 Å². The Balaban J connectivity index is 0.000000184. The van der Waals surface area contributed by atoms with Gasteiger partial charge in [0.2, 0.25) is 0 Å². The van der Waals surface area contributed by atoms with Crippen molar-refractivity contribution in [1.29, 1.82) is 0 Å². The number of nitrogens with one attached hydrogen (secondary N) is 1. The van der Waals surface area contributed by atoms with Gasteiger partial charge in [-0.2, -0.15) is 0 Å². The zero-order chi connectivity index (χ0) is 21.3. The van der Waals surface area contributed by atoms with Crippen molar-refractivity contribution in [2.45, 2.75) is 13.8 Å². The lowest BCUT2D eigenvalue weighted by atomic mass is 10.1. The molecular weight excluding hydrogens is 370 g/mol. The third kappa shape index (κ3) is 6.04. The van der Waals surface area contributed by atoms with Gasteiger partial charge in [0.15, 0.2) is 0 Å². The maximum absolute atomic E-state index is 12.0. The highest BCUT2D eigenvalue weighted by Gasteiger charge is 2.06. The molecule has 1 heterocycles. The number of aromatic nitrogens is 1. The monoisotopic (exact) mass is 395 g/mol. The van der Waals surface area contributed by atoms with Gasteiger partial charge in [-0.05, 0) is 84.6 Å². The predicted molar refractivity (Wildman–Crippen MR) is 124 cm³/mol. The maximum atomic E-state index is 12.0. The topological polar surface area (TPSA) is 68.0 Å². The van der Waals surface area contributed by atoms with E-state index in [-0.39, 0.29) is 5.91 Å². The molecule has 150 valence electrons. The van der Waals surface area contributed by atoms with E-state index >= 15 is 0 Å². The van der Waals surface area contributed by atoms with E-state index in [0.717, 1.165) is 16.8 Å². The van der Waals surface area contributed by atoms with Gasteiger partial charge in [-0.1, -0.05) is 36.4 Å². The number of benzene rings is 3. The molecule has 0 saturated heterocycles. The van der Waals surface area contributed by atoms with Crippen molar-refractivity contribution in [2.24, 2.45) is 0 Å². The summed E-state index contributed by atoms with van der Waals surface area (Å²) < 4.78 is 0. The normalized spacial score (nSPS) is 9.93. The van der Waals surface area contributed by atoms with Crippen LogP contribution in [0.5, 0.6) is 0 Å². The maximum Gasteiger partial charge on any atom is 0.255 e. The first-order valence-electron chi connectivity index (χ1n) is 9.72. The van der Waals surface area contributed by atoms with Crippen LogP contribution in [0.2, 0.25) is 0 Å². The number of hydrogen-bond donors (Lipinski definition) is 2. The molecule has 0 unspecified atom stereocenters. The van der Waals surface area contributed by atoms with E-state index in [1.54, 1.807) is 24.3 Å². The first-order chi connectivity index (χ1) is 14.5. The molecule has 0 radical (unpaired) electrons. The summed E-state index contributed by atoms with van der Waals surface area (Å²) in [6.07, 6.45) is 3.62. The number of carbonyl (C=O) groups excluding carboxylic acids is 1. The minimum atomic E-state index is -0.125. The average molecular weight is 396 g/mol. The molecule has 4 heteroatoms. The Labute approximate surface area is 177 Å². The van der Waals surface area contributed by atoms with E-state index in [4.69, 9.17) is 5.73 Å². The fourth-order valence-corrected chi connectivity index (χ4v) is 3.06. The number of aryl methyl sites for hydroxylation is 2. The van der Waals surface area contributed by atoms with Crippen LogP contribution in [-0.4, -0.2) is 10.9 Å². The Hall–Kier alpha value is -3.92. The standard InChI is InChI=1S/C15H16N2O.C11H9N/c1-10-7-11(2)9-14(8-10)17-15(18)12-3-5-13(16)6-4-12;1-2-4-10(5-3-1)11-6-8-12-9-7-11/h3-9H,16H2,1-2H3,(H,17,18);1-9H. The van der Waals surface area contributed by atoms with Gasteiger partial charge in [-0.25, -0.2) is 0 Å². The number of nitrogen functional groups attached to an aromatic ring is 1. The second kappa shape index (κ2) is 10.0. The molecule has 1 amide bonds. The van der Waals surface area contributed by atoms with Gasteiger partial charge in [0.25, 0.3) is 5.91 Å². The summed E-state index contributed by atoms with van der Waals surface area (Å²) in [6.45, 7) is 4.01. The quantitative estimate of drug-likeness (QED) is 0.425. The number of nitrogens with two attached hydrogens (primary N) is 1.